The van der Waals surface area contributed by atoms with Crippen LogP contribution in [0.3, 0.4) is 0 Å². The normalized spacial score (nSPS) is 21.2. The molecule has 2 atom stereocenters. The highest BCUT2D eigenvalue weighted by Gasteiger charge is 2.27. The Labute approximate surface area is 205 Å². The fraction of sp³-hybridized carbons (Fsp3) is 0.545. The number of nitrogens with zero attached hydrogens (tertiary/aromatic N) is 5. The molecule has 4 rings (SSSR count). The molecule has 0 radical (unpaired) electrons. The Hall–Kier alpha value is -1.76. The fourth-order valence-corrected chi connectivity index (χ4v) is 4.23. The largest absolute Gasteiger partial charge is 0.379 e. The van der Waals surface area contributed by atoms with Crippen molar-refractivity contribution in [2.45, 2.75) is 12.1 Å². The number of hydrogen-bond donors (Lipinski definition) is 1. The van der Waals surface area contributed by atoms with Crippen molar-refractivity contribution in [1.29, 1.82) is 0 Å². The van der Waals surface area contributed by atoms with Crippen molar-refractivity contribution in [3.63, 3.8) is 0 Å². The lowest BCUT2D eigenvalue weighted by Crippen LogP contribution is -2.50. The summed E-state index contributed by atoms with van der Waals surface area (Å²) in [6.07, 6.45) is 3.80. The number of rotatable bonds is 5. The van der Waals surface area contributed by atoms with Crippen LogP contribution in [-0.2, 0) is 16.5 Å². The van der Waals surface area contributed by atoms with Crippen LogP contribution in [0.4, 0.5) is 4.39 Å². The van der Waals surface area contributed by atoms with Gasteiger partial charge in [0.1, 0.15) is 11.9 Å². The molecule has 0 aliphatic carbocycles. The van der Waals surface area contributed by atoms with Gasteiger partial charge in [0.05, 0.1) is 38.6 Å². The summed E-state index contributed by atoms with van der Waals surface area (Å²) < 4.78 is 27.2. The van der Waals surface area contributed by atoms with E-state index in [-0.39, 0.29) is 41.9 Å². The second kappa shape index (κ2) is 11.9. The first-order valence-electron chi connectivity index (χ1n) is 10.8. The lowest BCUT2D eigenvalue weighted by atomic mass is 10.0. The first-order chi connectivity index (χ1) is 15.1. The molecule has 0 amide bonds. The lowest BCUT2D eigenvalue weighted by Gasteiger charge is -2.38. The molecule has 0 saturated carbocycles. The molecule has 2 aliphatic heterocycles. The van der Waals surface area contributed by atoms with Crippen LogP contribution < -0.4 is 5.32 Å². The molecule has 32 heavy (non-hydrogen) atoms. The summed E-state index contributed by atoms with van der Waals surface area (Å²) in [6.45, 7) is 5.74. The van der Waals surface area contributed by atoms with E-state index in [0.717, 1.165) is 36.7 Å². The standard InChI is InChI=1S/C22H31FN6O2.HI/c1-24-22(29-8-11-31-21(16-29)18-13-26-27(2)15-18)25-14-20(28-6-9-30-10-7-28)17-4-3-5-19(23)12-17;/h3-5,12-13,15,20-21H,6-11,14,16H2,1-2H3,(H,24,25);1H. The molecule has 1 aromatic carbocycles. The smallest absolute Gasteiger partial charge is 0.193 e. The van der Waals surface area contributed by atoms with E-state index in [9.17, 15) is 4.39 Å². The highest BCUT2D eigenvalue weighted by Crippen LogP contribution is 2.24. The van der Waals surface area contributed by atoms with Gasteiger partial charge in [-0.25, -0.2) is 4.39 Å². The summed E-state index contributed by atoms with van der Waals surface area (Å²) in [6, 6.07) is 6.90. The molecule has 0 bridgehead atoms. The number of benzene rings is 1. The van der Waals surface area contributed by atoms with Gasteiger partial charge < -0.3 is 19.7 Å². The first-order valence-corrected chi connectivity index (χ1v) is 10.8. The van der Waals surface area contributed by atoms with Gasteiger partial charge in [-0.05, 0) is 17.7 Å². The minimum atomic E-state index is -0.215. The second-order valence-corrected chi connectivity index (χ2v) is 7.90. The zero-order valence-electron chi connectivity index (χ0n) is 18.6. The number of guanidine groups is 1. The summed E-state index contributed by atoms with van der Waals surface area (Å²) in [5, 5.41) is 7.79. The van der Waals surface area contributed by atoms with Crippen molar-refractivity contribution in [2.24, 2.45) is 12.0 Å². The molecule has 176 valence electrons. The fourth-order valence-electron chi connectivity index (χ4n) is 4.23. The van der Waals surface area contributed by atoms with Crippen LogP contribution in [0.25, 0.3) is 0 Å². The summed E-state index contributed by atoms with van der Waals surface area (Å²) in [5.74, 6) is 0.611. The zero-order valence-corrected chi connectivity index (χ0v) is 20.9. The van der Waals surface area contributed by atoms with Crippen LogP contribution in [0.15, 0.2) is 41.7 Å². The van der Waals surface area contributed by atoms with E-state index in [2.05, 4.69) is 25.2 Å². The third-order valence-electron chi connectivity index (χ3n) is 5.85. The van der Waals surface area contributed by atoms with E-state index < -0.39 is 0 Å². The van der Waals surface area contributed by atoms with Gasteiger partial charge >= 0.3 is 0 Å². The van der Waals surface area contributed by atoms with Gasteiger partial charge in [-0.2, -0.15) is 5.10 Å². The van der Waals surface area contributed by atoms with E-state index in [1.54, 1.807) is 23.9 Å². The molecule has 1 N–H and O–H groups in total. The van der Waals surface area contributed by atoms with E-state index >= 15 is 0 Å². The lowest BCUT2D eigenvalue weighted by molar-refractivity contribution is -0.00853. The highest BCUT2D eigenvalue weighted by molar-refractivity contribution is 14.0. The Balaban J connectivity index is 0.00000289. The molecular weight excluding hydrogens is 526 g/mol. The number of morpholine rings is 2. The highest BCUT2D eigenvalue weighted by atomic mass is 127. The third kappa shape index (κ3) is 6.18. The van der Waals surface area contributed by atoms with Gasteiger partial charge in [-0.3, -0.25) is 14.6 Å². The Bertz CT molecular complexity index is 889. The first kappa shape index (κ1) is 24.9. The number of ether oxygens (including phenoxy) is 2. The van der Waals surface area contributed by atoms with Crippen molar-refractivity contribution < 1.29 is 13.9 Å². The van der Waals surface area contributed by atoms with Gasteiger partial charge in [-0.15, -0.1) is 24.0 Å². The Morgan fingerprint density at radius 3 is 2.78 bits per heavy atom. The maximum absolute atomic E-state index is 13.9. The Morgan fingerprint density at radius 1 is 1.28 bits per heavy atom. The predicted molar refractivity (Wildman–Crippen MR) is 132 cm³/mol. The van der Waals surface area contributed by atoms with E-state index in [0.29, 0.717) is 32.9 Å². The molecule has 2 aromatic rings. The molecule has 3 heterocycles. The van der Waals surface area contributed by atoms with Crippen LogP contribution in [0, 0.1) is 5.82 Å². The molecular formula is C22H32FIN6O2. The Morgan fingerprint density at radius 2 is 2.09 bits per heavy atom. The van der Waals surface area contributed by atoms with E-state index in [4.69, 9.17) is 9.47 Å². The molecule has 2 fully saturated rings. The Kier molecular flexibility index (Phi) is 9.26. The van der Waals surface area contributed by atoms with Crippen LogP contribution in [-0.4, -0.2) is 85.1 Å². The monoisotopic (exact) mass is 558 g/mol. The average Bonchev–Trinajstić information content (AvgIpc) is 3.24. The molecule has 2 saturated heterocycles. The summed E-state index contributed by atoms with van der Waals surface area (Å²) in [7, 11) is 3.70. The minimum absolute atomic E-state index is 0. The van der Waals surface area contributed by atoms with Crippen molar-refractivity contribution in [3.8, 4) is 0 Å². The topological polar surface area (TPSA) is 67.2 Å². The summed E-state index contributed by atoms with van der Waals surface area (Å²) in [4.78, 5) is 9.07. The number of aliphatic imine (C=N–C) groups is 1. The number of hydrogen-bond acceptors (Lipinski definition) is 5. The van der Waals surface area contributed by atoms with Gasteiger partial charge in [0.2, 0.25) is 0 Å². The van der Waals surface area contributed by atoms with Crippen molar-refractivity contribution in [3.05, 3.63) is 53.6 Å². The molecule has 2 aliphatic rings. The number of halogens is 2. The summed E-state index contributed by atoms with van der Waals surface area (Å²) in [5.41, 5.74) is 2.02. The third-order valence-corrected chi connectivity index (χ3v) is 5.85. The van der Waals surface area contributed by atoms with Crippen molar-refractivity contribution >= 4 is 29.9 Å². The SMILES string of the molecule is CN=C(NCC(c1cccc(F)c1)N1CCOCC1)N1CCOC(c2cnn(C)c2)C1.I. The molecule has 2 unspecified atom stereocenters. The average molecular weight is 558 g/mol. The maximum atomic E-state index is 13.9. The minimum Gasteiger partial charge on any atom is -0.379 e. The van der Waals surface area contributed by atoms with Gasteiger partial charge in [0.15, 0.2) is 5.96 Å². The van der Waals surface area contributed by atoms with Crippen molar-refractivity contribution in [1.82, 2.24) is 24.9 Å². The molecule has 0 spiro atoms. The quantitative estimate of drug-likeness (QED) is 0.345. The number of nitrogens with one attached hydrogen (secondary N) is 1. The van der Waals surface area contributed by atoms with Crippen molar-refractivity contribution in [2.75, 3.05) is 59.6 Å². The van der Waals surface area contributed by atoms with Gasteiger partial charge in [0, 0.05) is 52.0 Å². The van der Waals surface area contributed by atoms with Gasteiger partial charge in [0.25, 0.3) is 0 Å². The van der Waals surface area contributed by atoms with E-state index in [1.165, 1.54) is 6.07 Å². The van der Waals surface area contributed by atoms with Gasteiger partial charge in [-0.1, -0.05) is 12.1 Å². The molecule has 8 nitrogen and oxygen atoms in total. The maximum Gasteiger partial charge on any atom is 0.193 e. The molecule has 10 heteroatoms. The van der Waals surface area contributed by atoms with Crippen LogP contribution in [0.1, 0.15) is 23.3 Å². The number of aryl methyl sites for hydroxylation is 1. The molecule has 1 aromatic heterocycles. The van der Waals surface area contributed by atoms with E-state index in [1.807, 2.05) is 25.5 Å². The van der Waals surface area contributed by atoms with Crippen LogP contribution in [0.2, 0.25) is 0 Å². The summed E-state index contributed by atoms with van der Waals surface area (Å²) >= 11 is 0. The zero-order chi connectivity index (χ0) is 21.6. The number of aromatic nitrogens is 2. The van der Waals surface area contributed by atoms with Crippen LogP contribution in [0.5, 0.6) is 0 Å². The second-order valence-electron chi connectivity index (χ2n) is 7.90. The predicted octanol–water partition coefficient (Wildman–Crippen LogP) is 2.20. The van der Waals surface area contributed by atoms with Crippen LogP contribution >= 0.6 is 24.0 Å².